The molecule has 0 saturated carbocycles. The van der Waals surface area contributed by atoms with Crippen molar-refractivity contribution >= 4 is 11.0 Å². The number of hydrogen-bond acceptors (Lipinski definition) is 3. The number of rotatable bonds is 3. The summed E-state index contributed by atoms with van der Waals surface area (Å²) in [5, 5.41) is 0.983. The van der Waals surface area contributed by atoms with Crippen molar-refractivity contribution in [2.75, 3.05) is 0 Å². The van der Waals surface area contributed by atoms with Crippen LogP contribution in [0.1, 0.15) is 5.76 Å². The van der Waals surface area contributed by atoms with Crippen LogP contribution in [-0.4, -0.2) is 9.13 Å². The summed E-state index contributed by atoms with van der Waals surface area (Å²) in [6, 6.07) is 19.8. The first-order chi connectivity index (χ1) is 11.7. The molecule has 0 fully saturated rings. The molecule has 2 aromatic carbocycles. The quantitative estimate of drug-likeness (QED) is 0.583. The minimum atomic E-state index is -0.394. The van der Waals surface area contributed by atoms with Crippen LogP contribution in [0, 0.1) is 0 Å². The Morgan fingerprint density at radius 2 is 1.62 bits per heavy atom. The van der Waals surface area contributed by atoms with E-state index in [1.165, 1.54) is 16.8 Å². The molecular weight excluding hydrogens is 304 g/mol. The van der Waals surface area contributed by atoms with Gasteiger partial charge in [0.15, 0.2) is 0 Å². The van der Waals surface area contributed by atoms with E-state index in [9.17, 15) is 9.59 Å². The second kappa shape index (κ2) is 5.70. The van der Waals surface area contributed by atoms with Gasteiger partial charge in [0.25, 0.3) is 5.56 Å². The lowest BCUT2D eigenvalue weighted by molar-refractivity contribution is 0.515. The van der Waals surface area contributed by atoms with E-state index in [0.717, 1.165) is 15.5 Å². The van der Waals surface area contributed by atoms with Crippen molar-refractivity contribution in [2.45, 2.75) is 6.54 Å². The third-order valence-corrected chi connectivity index (χ3v) is 3.87. The molecule has 0 bridgehead atoms. The van der Waals surface area contributed by atoms with Crippen LogP contribution < -0.4 is 11.2 Å². The molecule has 4 aromatic rings. The number of para-hydroxylation sites is 2. The van der Waals surface area contributed by atoms with E-state index in [4.69, 9.17) is 4.42 Å². The molecule has 5 heteroatoms. The van der Waals surface area contributed by atoms with E-state index in [2.05, 4.69) is 0 Å². The van der Waals surface area contributed by atoms with E-state index in [-0.39, 0.29) is 12.1 Å². The summed E-state index contributed by atoms with van der Waals surface area (Å²) in [5.74, 6) is 0.663. The molecule has 118 valence electrons. The lowest BCUT2D eigenvalue weighted by Crippen LogP contribution is -2.37. The molecule has 4 rings (SSSR count). The third-order valence-electron chi connectivity index (χ3n) is 3.87. The normalized spacial score (nSPS) is 11.0. The number of aromatic nitrogens is 2. The molecule has 0 aliphatic rings. The molecule has 0 N–H and O–H groups in total. The number of hydrogen-bond donors (Lipinski definition) is 0. The van der Waals surface area contributed by atoms with Crippen LogP contribution in [0.15, 0.2) is 86.9 Å². The standard InChI is InChI=1S/C19H14N2O3/c22-18-10-11-20(19(23)21(18)15-7-2-1-3-8-15)13-16-12-14-6-4-5-9-17(14)24-16/h1-12H,13H2. The Balaban J connectivity index is 1.79. The zero-order valence-corrected chi connectivity index (χ0v) is 12.8. The molecule has 0 aliphatic carbocycles. The van der Waals surface area contributed by atoms with Gasteiger partial charge in [0, 0.05) is 17.6 Å². The lowest BCUT2D eigenvalue weighted by atomic mass is 10.2. The van der Waals surface area contributed by atoms with E-state index < -0.39 is 5.69 Å². The summed E-state index contributed by atoms with van der Waals surface area (Å²) in [7, 11) is 0. The fraction of sp³-hybridized carbons (Fsp3) is 0.0526. The van der Waals surface area contributed by atoms with Crippen LogP contribution in [0.25, 0.3) is 16.7 Å². The van der Waals surface area contributed by atoms with E-state index in [1.807, 2.05) is 36.4 Å². The maximum Gasteiger partial charge on any atom is 0.336 e. The number of furan rings is 1. The first-order valence-electron chi connectivity index (χ1n) is 7.58. The minimum Gasteiger partial charge on any atom is -0.459 e. The van der Waals surface area contributed by atoms with Crippen LogP contribution in [-0.2, 0) is 6.54 Å². The van der Waals surface area contributed by atoms with Gasteiger partial charge in [0.1, 0.15) is 11.3 Å². The predicted octanol–water partition coefficient (Wildman–Crippen LogP) is 2.79. The number of fused-ring (bicyclic) bond motifs is 1. The maximum atomic E-state index is 12.7. The van der Waals surface area contributed by atoms with Gasteiger partial charge in [0.2, 0.25) is 0 Å². The summed E-state index contributed by atoms with van der Waals surface area (Å²) >= 11 is 0. The van der Waals surface area contributed by atoms with Gasteiger partial charge in [-0.05, 0) is 24.3 Å². The molecule has 0 aliphatic heterocycles. The summed E-state index contributed by atoms with van der Waals surface area (Å²) in [6.45, 7) is 0.265. The Morgan fingerprint density at radius 1 is 0.875 bits per heavy atom. The fourth-order valence-corrected chi connectivity index (χ4v) is 2.73. The van der Waals surface area contributed by atoms with Gasteiger partial charge in [-0.2, -0.15) is 0 Å². The molecule has 0 atom stereocenters. The van der Waals surface area contributed by atoms with Crippen LogP contribution in [0.5, 0.6) is 0 Å². The number of nitrogens with zero attached hydrogens (tertiary/aromatic N) is 2. The molecule has 2 aromatic heterocycles. The van der Waals surface area contributed by atoms with Crippen molar-refractivity contribution < 1.29 is 4.42 Å². The Kier molecular flexibility index (Phi) is 3.39. The summed E-state index contributed by atoms with van der Waals surface area (Å²) < 4.78 is 8.38. The molecule has 24 heavy (non-hydrogen) atoms. The highest BCUT2D eigenvalue weighted by Gasteiger charge is 2.10. The van der Waals surface area contributed by atoms with Gasteiger partial charge in [-0.1, -0.05) is 36.4 Å². The molecule has 0 saturated heterocycles. The monoisotopic (exact) mass is 318 g/mol. The summed E-state index contributed by atoms with van der Waals surface area (Å²) in [4.78, 5) is 24.8. The van der Waals surface area contributed by atoms with Crippen LogP contribution in [0.3, 0.4) is 0 Å². The van der Waals surface area contributed by atoms with E-state index >= 15 is 0 Å². The van der Waals surface area contributed by atoms with Crippen molar-refractivity contribution in [1.29, 1.82) is 0 Å². The molecule has 0 unspecified atom stereocenters. The first kappa shape index (κ1) is 14.3. The SMILES string of the molecule is O=c1ccn(Cc2cc3ccccc3o2)c(=O)n1-c1ccccc1. The Hall–Kier alpha value is -3.34. The van der Waals surface area contributed by atoms with E-state index in [0.29, 0.717) is 11.4 Å². The van der Waals surface area contributed by atoms with Gasteiger partial charge < -0.3 is 4.42 Å². The second-order valence-corrected chi connectivity index (χ2v) is 5.49. The highest BCUT2D eigenvalue weighted by atomic mass is 16.3. The minimum absolute atomic E-state index is 0.265. The van der Waals surface area contributed by atoms with Crippen molar-refractivity contribution in [3.63, 3.8) is 0 Å². The topological polar surface area (TPSA) is 57.1 Å². The average molecular weight is 318 g/mol. The van der Waals surface area contributed by atoms with Crippen molar-refractivity contribution in [3.8, 4) is 5.69 Å². The lowest BCUT2D eigenvalue weighted by Gasteiger charge is -2.08. The predicted molar refractivity (Wildman–Crippen MR) is 91.6 cm³/mol. The summed E-state index contributed by atoms with van der Waals surface area (Å²) in [5.41, 5.74) is 0.574. The second-order valence-electron chi connectivity index (χ2n) is 5.49. The van der Waals surface area contributed by atoms with Crippen LogP contribution in [0.4, 0.5) is 0 Å². The summed E-state index contributed by atoms with van der Waals surface area (Å²) in [6.07, 6.45) is 1.50. The van der Waals surface area contributed by atoms with Gasteiger partial charge >= 0.3 is 5.69 Å². The van der Waals surface area contributed by atoms with Crippen LogP contribution in [0.2, 0.25) is 0 Å². The molecule has 0 amide bonds. The molecule has 2 heterocycles. The fourth-order valence-electron chi connectivity index (χ4n) is 2.73. The molecule has 0 radical (unpaired) electrons. The van der Waals surface area contributed by atoms with Crippen molar-refractivity contribution in [2.24, 2.45) is 0 Å². The Morgan fingerprint density at radius 3 is 2.42 bits per heavy atom. The highest BCUT2D eigenvalue weighted by molar-refractivity contribution is 5.77. The Bertz CT molecular complexity index is 1090. The van der Waals surface area contributed by atoms with Gasteiger partial charge in [-0.15, -0.1) is 0 Å². The van der Waals surface area contributed by atoms with Gasteiger partial charge in [-0.3, -0.25) is 9.36 Å². The molecule has 0 spiro atoms. The highest BCUT2D eigenvalue weighted by Crippen LogP contribution is 2.19. The Labute approximate surface area is 137 Å². The average Bonchev–Trinajstić information content (AvgIpc) is 3.01. The first-order valence-corrected chi connectivity index (χ1v) is 7.58. The zero-order chi connectivity index (χ0) is 16.5. The zero-order valence-electron chi connectivity index (χ0n) is 12.8. The van der Waals surface area contributed by atoms with Crippen molar-refractivity contribution in [3.05, 3.63) is 99.5 Å². The maximum absolute atomic E-state index is 12.7. The van der Waals surface area contributed by atoms with E-state index in [1.54, 1.807) is 24.3 Å². The van der Waals surface area contributed by atoms with Crippen LogP contribution >= 0.6 is 0 Å². The molecular formula is C19H14N2O3. The third kappa shape index (κ3) is 2.46. The molecule has 5 nitrogen and oxygen atoms in total. The van der Waals surface area contributed by atoms with Gasteiger partial charge in [-0.25, -0.2) is 9.36 Å². The number of benzene rings is 2. The smallest absolute Gasteiger partial charge is 0.336 e. The van der Waals surface area contributed by atoms with Gasteiger partial charge in [0.05, 0.1) is 12.2 Å². The van der Waals surface area contributed by atoms with Crippen molar-refractivity contribution in [1.82, 2.24) is 9.13 Å². The largest absolute Gasteiger partial charge is 0.459 e.